The van der Waals surface area contributed by atoms with Crippen LogP contribution in [-0.4, -0.2) is 23.2 Å². The number of hydrogen-bond acceptors (Lipinski definition) is 3. The highest BCUT2D eigenvalue weighted by Gasteiger charge is 2.26. The fraction of sp³-hybridized carbons (Fsp3) is 0.364. The molecule has 0 saturated carbocycles. The van der Waals surface area contributed by atoms with Gasteiger partial charge >= 0.3 is 0 Å². The summed E-state index contributed by atoms with van der Waals surface area (Å²) in [6.07, 6.45) is 6.11. The number of aromatic nitrogens is 2. The maximum atomic E-state index is 5.61. The third kappa shape index (κ3) is 1.60. The van der Waals surface area contributed by atoms with Crippen LogP contribution in [0.25, 0.3) is 0 Å². The maximum absolute atomic E-state index is 5.61. The lowest BCUT2D eigenvalue weighted by Gasteiger charge is -2.12. The van der Waals surface area contributed by atoms with Crippen molar-refractivity contribution in [3.05, 3.63) is 40.3 Å². The smallest absolute Gasteiger partial charge is 0.180 e. The molecule has 4 nitrogen and oxygen atoms in total. The lowest BCUT2D eigenvalue weighted by molar-refractivity contribution is 0.136. The highest BCUT2D eigenvalue weighted by atomic mass is 79.9. The molecule has 2 aromatic heterocycles. The SMILES string of the molecule is Brc1[nH]cc2c1C(c1cocn1)COCC2. The Kier molecular flexibility index (Phi) is 2.57. The van der Waals surface area contributed by atoms with Gasteiger partial charge in [0, 0.05) is 6.20 Å². The molecule has 84 valence electrons. The first-order chi connectivity index (χ1) is 7.86. The molecular formula is C11H11BrN2O2. The van der Waals surface area contributed by atoms with Crippen molar-refractivity contribution in [2.75, 3.05) is 13.2 Å². The number of oxazole rings is 1. The summed E-state index contributed by atoms with van der Waals surface area (Å²) in [5, 5.41) is 0. The van der Waals surface area contributed by atoms with Crippen LogP contribution in [0.5, 0.6) is 0 Å². The van der Waals surface area contributed by atoms with E-state index < -0.39 is 0 Å². The lowest BCUT2D eigenvalue weighted by Crippen LogP contribution is -2.08. The maximum Gasteiger partial charge on any atom is 0.180 e. The second-order valence-electron chi connectivity index (χ2n) is 3.83. The number of halogens is 1. The molecule has 0 fully saturated rings. The van der Waals surface area contributed by atoms with E-state index in [0.29, 0.717) is 6.61 Å². The molecule has 0 bridgehead atoms. The molecule has 1 aliphatic heterocycles. The van der Waals surface area contributed by atoms with Crippen LogP contribution in [0.15, 0.2) is 27.9 Å². The molecule has 0 aliphatic carbocycles. The number of rotatable bonds is 1. The van der Waals surface area contributed by atoms with Crippen LogP contribution in [0.1, 0.15) is 22.7 Å². The Morgan fingerprint density at radius 2 is 2.44 bits per heavy atom. The summed E-state index contributed by atoms with van der Waals surface area (Å²) in [5.74, 6) is 0.150. The molecule has 5 heteroatoms. The van der Waals surface area contributed by atoms with Crippen molar-refractivity contribution in [3.63, 3.8) is 0 Å². The average Bonchev–Trinajstić information content (AvgIpc) is 2.87. The summed E-state index contributed by atoms with van der Waals surface area (Å²) >= 11 is 3.54. The van der Waals surface area contributed by atoms with Gasteiger partial charge in [0.25, 0.3) is 0 Å². The molecular weight excluding hydrogens is 272 g/mol. The van der Waals surface area contributed by atoms with Crippen molar-refractivity contribution in [3.8, 4) is 0 Å². The summed E-state index contributed by atoms with van der Waals surface area (Å²) in [6, 6.07) is 0. The Morgan fingerprint density at radius 3 is 3.25 bits per heavy atom. The van der Waals surface area contributed by atoms with Crippen molar-refractivity contribution < 1.29 is 9.15 Å². The van der Waals surface area contributed by atoms with Gasteiger partial charge in [-0.25, -0.2) is 4.98 Å². The normalized spacial score (nSPS) is 20.4. The molecule has 1 aliphatic rings. The molecule has 3 heterocycles. The monoisotopic (exact) mass is 282 g/mol. The van der Waals surface area contributed by atoms with Gasteiger partial charge in [-0.2, -0.15) is 0 Å². The van der Waals surface area contributed by atoms with E-state index in [9.17, 15) is 0 Å². The summed E-state index contributed by atoms with van der Waals surface area (Å²) in [6.45, 7) is 1.40. The molecule has 0 amide bonds. The molecule has 0 aromatic carbocycles. The Bertz CT molecular complexity index is 478. The molecule has 1 N–H and O–H groups in total. The second-order valence-corrected chi connectivity index (χ2v) is 4.63. The minimum absolute atomic E-state index is 0.150. The molecule has 3 rings (SSSR count). The van der Waals surface area contributed by atoms with Gasteiger partial charge in [0.05, 0.1) is 29.4 Å². The van der Waals surface area contributed by atoms with E-state index in [0.717, 1.165) is 23.3 Å². The minimum Gasteiger partial charge on any atom is -0.451 e. The standard InChI is InChI=1S/C11H11BrN2O2/c12-11-10-7(3-13-11)1-2-15-4-8(10)9-5-16-6-14-9/h3,5-6,8,13H,1-2,4H2. The molecule has 1 atom stereocenters. The Morgan fingerprint density at radius 1 is 1.50 bits per heavy atom. The number of aromatic amines is 1. The van der Waals surface area contributed by atoms with Gasteiger partial charge in [0.2, 0.25) is 0 Å². The molecule has 0 saturated heterocycles. The first-order valence-corrected chi connectivity index (χ1v) is 5.97. The Hall–Kier alpha value is -1.07. The minimum atomic E-state index is 0.150. The zero-order valence-electron chi connectivity index (χ0n) is 8.57. The Labute approximate surface area is 101 Å². The van der Waals surface area contributed by atoms with Crippen LogP contribution in [0, 0.1) is 0 Å². The van der Waals surface area contributed by atoms with Crippen LogP contribution in [0.4, 0.5) is 0 Å². The van der Waals surface area contributed by atoms with E-state index in [-0.39, 0.29) is 5.92 Å². The van der Waals surface area contributed by atoms with Gasteiger partial charge < -0.3 is 14.1 Å². The van der Waals surface area contributed by atoms with E-state index in [1.807, 2.05) is 6.20 Å². The van der Waals surface area contributed by atoms with Crippen LogP contribution in [-0.2, 0) is 11.2 Å². The molecule has 1 unspecified atom stereocenters. The van der Waals surface area contributed by atoms with Gasteiger partial charge in [-0.3, -0.25) is 0 Å². The van der Waals surface area contributed by atoms with E-state index >= 15 is 0 Å². The predicted molar refractivity (Wildman–Crippen MR) is 61.4 cm³/mol. The summed E-state index contributed by atoms with van der Waals surface area (Å²) < 4.78 is 11.7. The van der Waals surface area contributed by atoms with Crippen LogP contribution < -0.4 is 0 Å². The van der Waals surface area contributed by atoms with Gasteiger partial charge in [0.1, 0.15) is 6.26 Å². The molecule has 16 heavy (non-hydrogen) atoms. The van der Waals surface area contributed by atoms with Crippen LogP contribution in [0.2, 0.25) is 0 Å². The zero-order valence-corrected chi connectivity index (χ0v) is 10.2. The van der Waals surface area contributed by atoms with Gasteiger partial charge in [-0.1, -0.05) is 0 Å². The first-order valence-electron chi connectivity index (χ1n) is 5.17. The number of fused-ring (bicyclic) bond motifs is 1. The first kappa shape index (κ1) is 10.1. The van der Waals surface area contributed by atoms with E-state index in [1.54, 1.807) is 6.26 Å². The number of ether oxygens (including phenoxy) is 1. The summed E-state index contributed by atoms with van der Waals surface area (Å²) in [5.41, 5.74) is 3.45. The average molecular weight is 283 g/mol. The van der Waals surface area contributed by atoms with Crippen LogP contribution >= 0.6 is 15.9 Å². The van der Waals surface area contributed by atoms with Crippen molar-refractivity contribution >= 4 is 15.9 Å². The van der Waals surface area contributed by atoms with E-state index in [2.05, 4.69) is 25.9 Å². The van der Waals surface area contributed by atoms with Gasteiger partial charge in [-0.15, -0.1) is 0 Å². The Balaban J connectivity index is 2.08. The summed E-state index contributed by atoms with van der Waals surface area (Å²) in [7, 11) is 0. The largest absolute Gasteiger partial charge is 0.451 e. The second kappa shape index (κ2) is 4.07. The number of H-pyrrole nitrogens is 1. The van der Waals surface area contributed by atoms with Gasteiger partial charge in [-0.05, 0) is 33.5 Å². The van der Waals surface area contributed by atoms with E-state index in [4.69, 9.17) is 9.15 Å². The number of nitrogens with one attached hydrogen (secondary N) is 1. The molecule has 0 radical (unpaired) electrons. The fourth-order valence-corrected chi connectivity index (χ4v) is 2.77. The topological polar surface area (TPSA) is 51.0 Å². The molecule has 0 spiro atoms. The quantitative estimate of drug-likeness (QED) is 0.874. The molecule has 2 aromatic rings. The highest BCUT2D eigenvalue weighted by Crippen LogP contribution is 2.34. The zero-order chi connectivity index (χ0) is 11.0. The van der Waals surface area contributed by atoms with Gasteiger partial charge in [0.15, 0.2) is 6.39 Å². The number of nitrogens with zero attached hydrogens (tertiary/aromatic N) is 1. The van der Waals surface area contributed by atoms with Crippen molar-refractivity contribution in [1.82, 2.24) is 9.97 Å². The predicted octanol–water partition coefficient (Wildman–Crippen LogP) is 2.47. The van der Waals surface area contributed by atoms with Crippen molar-refractivity contribution in [2.45, 2.75) is 12.3 Å². The number of hydrogen-bond donors (Lipinski definition) is 1. The van der Waals surface area contributed by atoms with Crippen molar-refractivity contribution in [2.24, 2.45) is 0 Å². The van der Waals surface area contributed by atoms with Crippen molar-refractivity contribution in [1.29, 1.82) is 0 Å². The fourth-order valence-electron chi connectivity index (χ4n) is 2.12. The summed E-state index contributed by atoms with van der Waals surface area (Å²) in [4.78, 5) is 7.42. The third-order valence-corrected chi connectivity index (χ3v) is 3.57. The van der Waals surface area contributed by atoms with E-state index in [1.165, 1.54) is 17.5 Å². The lowest BCUT2D eigenvalue weighted by atomic mass is 9.96. The highest BCUT2D eigenvalue weighted by molar-refractivity contribution is 9.10. The third-order valence-electron chi connectivity index (χ3n) is 2.91. The van der Waals surface area contributed by atoms with Crippen LogP contribution in [0.3, 0.4) is 0 Å².